The average molecular weight is 154 g/mol. The maximum Gasteiger partial charge on any atom is 0.122 e. The van der Waals surface area contributed by atoms with Crippen LogP contribution in [0.4, 0.5) is 0 Å². The average Bonchev–Trinajstić information content (AvgIpc) is 1.99. The number of phenolic OH excluding ortho intramolecular Hbond substituents is 2. The Balaban J connectivity index is 3.21. The molecule has 3 N–H and O–H groups in total. The highest BCUT2D eigenvalue weighted by molar-refractivity contribution is 5.45. The van der Waals surface area contributed by atoms with E-state index in [0.29, 0.717) is 11.1 Å². The third kappa shape index (κ3) is 1.43. The largest absolute Gasteiger partial charge is 0.508 e. The molecule has 11 heavy (non-hydrogen) atoms. The molecule has 0 atom stereocenters. The van der Waals surface area contributed by atoms with Crippen LogP contribution in [0.5, 0.6) is 11.5 Å². The lowest BCUT2D eigenvalue weighted by atomic mass is 10.1. The van der Waals surface area contributed by atoms with E-state index in [1.54, 1.807) is 6.92 Å². The highest BCUT2D eigenvalue weighted by Crippen LogP contribution is 2.27. The lowest BCUT2D eigenvalue weighted by molar-refractivity contribution is 0.280. The van der Waals surface area contributed by atoms with Gasteiger partial charge < -0.3 is 15.3 Å². The van der Waals surface area contributed by atoms with Crippen molar-refractivity contribution in [1.82, 2.24) is 0 Å². The molecular formula is C8H10O3. The molecule has 0 fully saturated rings. The van der Waals surface area contributed by atoms with E-state index in [2.05, 4.69) is 0 Å². The monoisotopic (exact) mass is 154 g/mol. The Bertz CT molecular complexity index is 245. The third-order valence-corrected chi connectivity index (χ3v) is 1.60. The molecule has 60 valence electrons. The van der Waals surface area contributed by atoms with Crippen LogP contribution < -0.4 is 0 Å². The fourth-order valence-corrected chi connectivity index (χ4v) is 0.832. The minimum atomic E-state index is -0.179. The van der Waals surface area contributed by atoms with Crippen molar-refractivity contribution < 1.29 is 15.3 Å². The second kappa shape index (κ2) is 2.80. The van der Waals surface area contributed by atoms with Gasteiger partial charge in [-0.25, -0.2) is 0 Å². The number of aliphatic hydroxyl groups is 1. The van der Waals surface area contributed by atoms with Crippen molar-refractivity contribution >= 4 is 0 Å². The van der Waals surface area contributed by atoms with Crippen molar-refractivity contribution in [2.24, 2.45) is 0 Å². The molecule has 0 spiro atoms. The van der Waals surface area contributed by atoms with E-state index in [0.717, 1.165) is 0 Å². The van der Waals surface area contributed by atoms with Gasteiger partial charge in [0.2, 0.25) is 0 Å². The zero-order valence-corrected chi connectivity index (χ0v) is 6.20. The van der Waals surface area contributed by atoms with Crippen LogP contribution >= 0.6 is 0 Å². The van der Waals surface area contributed by atoms with Gasteiger partial charge in [0.05, 0.1) is 6.61 Å². The molecular weight excluding hydrogens is 144 g/mol. The first-order valence-corrected chi connectivity index (χ1v) is 3.27. The molecule has 0 aromatic heterocycles. The number of aromatic hydroxyl groups is 2. The molecule has 0 unspecified atom stereocenters. The van der Waals surface area contributed by atoms with Gasteiger partial charge in [-0.15, -0.1) is 0 Å². The van der Waals surface area contributed by atoms with Crippen molar-refractivity contribution in [3.05, 3.63) is 23.3 Å². The molecule has 0 aliphatic carbocycles. The topological polar surface area (TPSA) is 60.7 Å². The maximum atomic E-state index is 9.14. The smallest absolute Gasteiger partial charge is 0.122 e. The minimum absolute atomic E-state index is 0.00838. The quantitative estimate of drug-likeness (QED) is 0.563. The zero-order chi connectivity index (χ0) is 8.43. The van der Waals surface area contributed by atoms with E-state index >= 15 is 0 Å². The summed E-state index contributed by atoms with van der Waals surface area (Å²) < 4.78 is 0. The normalized spacial score (nSPS) is 10.0. The molecule has 0 saturated heterocycles. The maximum absolute atomic E-state index is 9.14. The predicted octanol–water partition coefficient (Wildman–Crippen LogP) is 0.899. The zero-order valence-electron chi connectivity index (χ0n) is 6.20. The fraction of sp³-hybridized carbons (Fsp3) is 0.250. The van der Waals surface area contributed by atoms with E-state index in [-0.39, 0.29) is 18.1 Å². The van der Waals surface area contributed by atoms with Gasteiger partial charge in [-0.05, 0) is 24.6 Å². The lowest BCUT2D eigenvalue weighted by Crippen LogP contribution is -1.84. The predicted molar refractivity (Wildman–Crippen MR) is 40.4 cm³/mol. The van der Waals surface area contributed by atoms with E-state index in [9.17, 15) is 0 Å². The molecule has 0 bridgehead atoms. The van der Waals surface area contributed by atoms with E-state index < -0.39 is 0 Å². The second-order valence-electron chi connectivity index (χ2n) is 2.42. The molecule has 1 rings (SSSR count). The van der Waals surface area contributed by atoms with Crippen LogP contribution in [0.25, 0.3) is 0 Å². The molecule has 3 nitrogen and oxygen atoms in total. The van der Waals surface area contributed by atoms with Crippen LogP contribution in [0.1, 0.15) is 11.1 Å². The summed E-state index contributed by atoms with van der Waals surface area (Å²) in [6.07, 6.45) is 0. The summed E-state index contributed by atoms with van der Waals surface area (Å²) in [5.41, 5.74) is 0.938. The molecule has 1 aromatic carbocycles. The lowest BCUT2D eigenvalue weighted by Gasteiger charge is -2.03. The summed E-state index contributed by atoms with van der Waals surface area (Å²) >= 11 is 0. The van der Waals surface area contributed by atoms with Gasteiger partial charge in [-0.2, -0.15) is 0 Å². The molecule has 1 aromatic rings. The third-order valence-electron chi connectivity index (χ3n) is 1.60. The molecule has 0 heterocycles. The summed E-state index contributed by atoms with van der Waals surface area (Å²) in [6, 6.07) is 2.85. The van der Waals surface area contributed by atoms with Crippen molar-refractivity contribution in [3.8, 4) is 11.5 Å². The highest BCUT2D eigenvalue weighted by atomic mass is 16.3. The summed E-state index contributed by atoms with van der Waals surface area (Å²) in [5.74, 6) is 0.0168. The van der Waals surface area contributed by atoms with Crippen molar-refractivity contribution in [2.45, 2.75) is 13.5 Å². The Hall–Kier alpha value is -1.22. The number of benzene rings is 1. The number of rotatable bonds is 1. The van der Waals surface area contributed by atoms with Gasteiger partial charge in [-0.1, -0.05) is 0 Å². The van der Waals surface area contributed by atoms with Crippen molar-refractivity contribution in [2.75, 3.05) is 0 Å². The molecule has 0 aliphatic rings. The first-order valence-electron chi connectivity index (χ1n) is 3.27. The summed E-state index contributed by atoms with van der Waals surface area (Å²) in [7, 11) is 0. The number of hydrogen-bond donors (Lipinski definition) is 3. The van der Waals surface area contributed by atoms with Crippen molar-refractivity contribution in [3.63, 3.8) is 0 Å². The van der Waals surface area contributed by atoms with E-state index in [1.807, 2.05) is 0 Å². The van der Waals surface area contributed by atoms with Crippen LogP contribution in [0.2, 0.25) is 0 Å². The van der Waals surface area contributed by atoms with E-state index in [4.69, 9.17) is 15.3 Å². The summed E-state index contributed by atoms with van der Waals surface area (Å²) in [6.45, 7) is 1.42. The molecule has 0 radical (unpaired) electrons. The van der Waals surface area contributed by atoms with Gasteiger partial charge in [-0.3, -0.25) is 0 Å². The number of aliphatic hydroxyl groups excluding tert-OH is 1. The van der Waals surface area contributed by atoms with Gasteiger partial charge in [0.15, 0.2) is 0 Å². The Labute approximate surface area is 64.5 Å². The van der Waals surface area contributed by atoms with Crippen LogP contribution in [-0.2, 0) is 6.61 Å². The molecule has 0 aliphatic heterocycles. The number of phenols is 2. The summed E-state index contributed by atoms with van der Waals surface area (Å²) in [4.78, 5) is 0. The van der Waals surface area contributed by atoms with Crippen LogP contribution in [0.15, 0.2) is 12.1 Å². The Morgan fingerprint density at radius 1 is 1.18 bits per heavy atom. The van der Waals surface area contributed by atoms with Gasteiger partial charge in [0, 0.05) is 5.56 Å². The fourth-order valence-electron chi connectivity index (χ4n) is 0.832. The number of hydrogen-bond acceptors (Lipinski definition) is 3. The Morgan fingerprint density at radius 3 is 2.00 bits per heavy atom. The first-order chi connectivity index (χ1) is 5.15. The highest BCUT2D eigenvalue weighted by Gasteiger charge is 2.03. The SMILES string of the molecule is Cc1c(O)cc(CO)cc1O. The molecule has 3 heteroatoms. The molecule has 0 amide bonds. The van der Waals surface area contributed by atoms with Crippen molar-refractivity contribution in [1.29, 1.82) is 0 Å². The van der Waals surface area contributed by atoms with E-state index in [1.165, 1.54) is 12.1 Å². The minimum Gasteiger partial charge on any atom is -0.508 e. The second-order valence-corrected chi connectivity index (χ2v) is 2.42. The van der Waals surface area contributed by atoms with Gasteiger partial charge >= 0.3 is 0 Å². The van der Waals surface area contributed by atoms with Crippen LogP contribution in [-0.4, -0.2) is 15.3 Å². The Kier molecular flexibility index (Phi) is 2.01. The van der Waals surface area contributed by atoms with Crippen LogP contribution in [0, 0.1) is 6.92 Å². The Morgan fingerprint density at radius 2 is 1.64 bits per heavy atom. The van der Waals surface area contributed by atoms with Crippen LogP contribution in [0.3, 0.4) is 0 Å². The standard InChI is InChI=1S/C8H10O3/c1-5-7(10)2-6(4-9)3-8(5)11/h2-3,9-11H,4H2,1H3. The molecule has 0 saturated carbocycles. The first kappa shape index (κ1) is 7.88. The summed E-state index contributed by atoms with van der Waals surface area (Å²) in [5, 5.41) is 26.9. The van der Waals surface area contributed by atoms with Gasteiger partial charge in [0.25, 0.3) is 0 Å². The van der Waals surface area contributed by atoms with Gasteiger partial charge in [0.1, 0.15) is 11.5 Å².